The molecule has 0 saturated carbocycles. The molecule has 2 heteroatoms. The number of alkyl halides is 1. The van der Waals surface area contributed by atoms with E-state index in [0.717, 1.165) is 6.54 Å². The molecule has 0 aliphatic rings. The molecule has 0 unspecified atom stereocenters. The Bertz CT molecular complexity index is 198. The predicted molar refractivity (Wildman–Crippen MR) is 48.6 cm³/mol. The molecule has 11 heavy (non-hydrogen) atoms. The maximum atomic E-state index is 5.63. The summed E-state index contributed by atoms with van der Waals surface area (Å²) in [5.41, 5.74) is 1.30. The second-order valence-corrected chi connectivity index (χ2v) is 2.86. The minimum absolute atomic E-state index is 0.578. The number of hydrogen-bond acceptors (Lipinski definition) is 1. The van der Waals surface area contributed by atoms with Crippen LogP contribution in [0, 0.1) is 0 Å². The van der Waals surface area contributed by atoms with Gasteiger partial charge in [0.2, 0.25) is 0 Å². The predicted octanol–water partition coefficient (Wildman–Crippen LogP) is 2.31. The highest BCUT2D eigenvalue weighted by Crippen LogP contribution is 2.02. The Labute approximate surface area is 72.6 Å². The maximum absolute atomic E-state index is 5.63. The number of hydrogen-bond donors (Lipinski definition) is 0. The zero-order valence-corrected chi connectivity index (χ0v) is 7.38. The molecule has 1 aromatic rings. The van der Waals surface area contributed by atoms with Gasteiger partial charge >= 0.3 is 0 Å². The third-order valence-electron chi connectivity index (χ3n) is 1.50. The highest BCUT2D eigenvalue weighted by Gasteiger charge is 1.95. The average Bonchev–Trinajstić information content (AvgIpc) is 2.06. The van der Waals surface area contributed by atoms with Gasteiger partial charge in [-0.05, 0) is 12.6 Å². The van der Waals surface area contributed by atoms with E-state index in [2.05, 4.69) is 17.0 Å². The number of rotatable bonds is 3. The minimum atomic E-state index is 0.578. The molecule has 60 valence electrons. The molecule has 1 rings (SSSR count). The van der Waals surface area contributed by atoms with Crippen molar-refractivity contribution < 1.29 is 0 Å². The summed E-state index contributed by atoms with van der Waals surface area (Å²) in [4.78, 5) is 2.05. The lowest BCUT2D eigenvalue weighted by Crippen LogP contribution is -2.14. The Morgan fingerprint density at radius 2 is 1.91 bits per heavy atom. The molecular formula is C9H12ClN. The fourth-order valence-corrected chi connectivity index (χ4v) is 1.02. The first-order valence-corrected chi connectivity index (χ1v) is 4.15. The first kappa shape index (κ1) is 8.57. The molecule has 1 aromatic carbocycles. The van der Waals surface area contributed by atoms with Crippen LogP contribution in [0.25, 0.3) is 0 Å². The van der Waals surface area contributed by atoms with Gasteiger partial charge in [0, 0.05) is 6.54 Å². The van der Waals surface area contributed by atoms with Crippen molar-refractivity contribution in [2.24, 2.45) is 0 Å². The molecule has 0 fully saturated rings. The largest absolute Gasteiger partial charge is 0.289 e. The van der Waals surface area contributed by atoms with Crippen LogP contribution in [0.5, 0.6) is 0 Å². The Morgan fingerprint density at radius 1 is 1.27 bits per heavy atom. The Hall–Kier alpha value is -0.530. The van der Waals surface area contributed by atoms with E-state index >= 15 is 0 Å². The van der Waals surface area contributed by atoms with Crippen molar-refractivity contribution in [2.45, 2.75) is 6.54 Å². The summed E-state index contributed by atoms with van der Waals surface area (Å²) in [6.45, 7) is 0.921. The first-order valence-electron chi connectivity index (χ1n) is 3.61. The third-order valence-corrected chi connectivity index (χ3v) is 1.91. The molecule has 0 aromatic heterocycles. The van der Waals surface area contributed by atoms with Crippen molar-refractivity contribution >= 4 is 11.6 Å². The summed E-state index contributed by atoms with van der Waals surface area (Å²) >= 11 is 5.63. The highest BCUT2D eigenvalue weighted by atomic mass is 35.5. The standard InChI is InChI=1S/C9H12ClN/c1-11(8-10)7-9-5-3-2-4-6-9/h2-6H,7-8H2,1H3. The maximum Gasteiger partial charge on any atom is 0.0738 e. The molecule has 0 N–H and O–H groups in total. The van der Waals surface area contributed by atoms with Crippen molar-refractivity contribution in [3.05, 3.63) is 35.9 Å². The van der Waals surface area contributed by atoms with Gasteiger partial charge in [-0.1, -0.05) is 30.3 Å². The summed E-state index contributed by atoms with van der Waals surface area (Å²) in [6.07, 6.45) is 0. The van der Waals surface area contributed by atoms with Gasteiger partial charge in [-0.15, -0.1) is 11.6 Å². The van der Waals surface area contributed by atoms with Crippen molar-refractivity contribution in [2.75, 3.05) is 13.1 Å². The molecule has 0 radical (unpaired) electrons. The van der Waals surface area contributed by atoms with Crippen LogP contribution in [-0.2, 0) is 6.54 Å². The monoisotopic (exact) mass is 169 g/mol. The van der Waals surface area contributed by atoms with Gasteiger partial charge in [-0.25, -0.2) is 0 Å². The highest BCUT2D eigenvalue weighted by molar-refractivity contribution is 6.17. The van der Waals surface area contributed by atoms with Gasteiger partial charge < -0.3 is 0 Å². The van der Waals surface area contributed by atoms with Crippen LogP contribution >= 0.6 is 11.6 Å². The van der Waals surface area contributed by atoms with Crippen LogP contribution in [-0.4, -0.2) is 18.0 Å². The van der Waals surface area contributed by atoms with Crippen LogP contribution in [0.3, 0.4) is 0 Å². The van der Waals surface area contributed by atoms with E-state index in [1.165, 1.54) is 5.56 Å². The van der Waals surface area contributed by atoms with E-state index in [4.69, 9.17) is 11.6 Å². The van der Waals surface area contributed by atoms with Gasteiger partial charge in [0.15, 0.2) is 0 Å². The molecule has 0 saturated heterocycles. The second-order valence-electron chi connectivity index (χ2n) is 2.62. The Morgan fingerprint density at radius 3 is 2.45 bits per heavy atom. The normalized spacial score (nSPS) is 10.5. The second kappa shape index (κ2) is 4.37. The lowest BCUT2D eigenvalue weighted by Gasteiger charge is -2.11. The van der Waals surface area contributed by atoms with E-state index in [9.17, 15) is 0 Å². The molecule has 0 heterocycles. The van der Waals surface area contributed by atoms with Crippen molar-refractivity contribution in [1.29, 1.82) is 0 Å². The zero-order valence-electron chi connectivity index (χ0n) is 6.63. The fourth-order valence-electron chi connectivity index (χ4n) is 0.937. The number of nitrogens with zero attached hydrogens (tertiary/aromatic N) is 1. The summed E-state index contributed by atoms with van der Waals surface area (Å²) in [6, 6.07) is 10.9. The van der Waals surface area contributed by atoms with Gasteiger partial charge in [-0.2, -0.15) is 0 Å². The molecule has 0 aliphatic heterocycles. The number of benzene rings is 1. The summed E-state index contributed by atoms with van der Waals surface area (Å²) < 4.78 is 0. The Kier molecular flexibility index (Phi) is 3.40. The summed E-state index contributed by atoms with van der Waals surface area (Å²) in [7, 11) is 2.00. The molecule has 0 spiro atoms. The van der Waals surface area contributed by atoms with Crippen LogP contribution in [0.2, 0.25) is 0 Å². The smallest absolute Gasteiger partial charge is 0.0738 e. The van der Waals surface area contributed by atoms with Gasteiger partial charge in [0.25, 0.3) is 0 Å². The van der Waals surface area contributed by atoms with Crippen molar-refractivity contribution in [3.63, 3.8) is 0 Å². The molecule has 0 bridgehead atoms. The van der Waals surface area contributed by atoms with Crippen LogP contribution in [0.4, 0.5) is 0 Å². The van der Waals surface area contributed by atoms with E-state index in [0.29, 0.717) is 6.00 Å². The van der Waals surface area contributed by atoms with E-state index in [1.54, 1.807) is 0 Å². The minimum Gasteiger partial charge on any atom is -0.289 e. The summed E-state index contributed by atoms with van der Waals surface area (Å²) in [5, 5.41) is 0. The molecular weight excluding hydrogens is 158 g/mol. The van der Waals surface area contributed by atoms with Crippen molar-refractivity contribution in [3.8, 4) is 0 Å². The topological polar surface area (TPSA) is 3.24 Å². The molecule has 0 amide bonds. The van der Waals surface area contributed by atoms with Crippen molar-refractivity contribution in [1.82, 2.24) is 4.90 Å². The summed E-state index contributed by atoms with van der Waals surface area (Å²) in [5.74, 6) is 0. The zero-order chi connectivity index (χ0) is 8.10. The van der Waals surface area contributed by atoms with Crippen LogP contribution in [0.1, 0.15) is 5.56 Å². The van der Waals surface area contributed by atoms with Gasteiger partial charge in [-0.3, -0.25) is 4.90 Å². The van der Waals surface area contributed by atoms with E-state index < -0.39 is 0 Å². The fraction of sp³-hybridized carbons (Fsp3) is 0.333. The SMILES string of the molecule is CN(CCl)Cc1ccccc1. The molecule has 0 aliphatic carbocycles. The molecule has 1 nitrogen and oxygen atoms in total. The lowest BCUT2D eigenvalue weighted by molar-refractivity contribution is 0.382. The van der Waals surface area contributed by atoms with Gasteiger partial charge in [0.1, 0.15) is 0 Å². The first-order chi connectivity index (χ1) is 5.33. The lowest BCUT2D eigenvalue weighted by atomic mass is 10.2. The quantitative estimate of drug-likeness (QED) is 0.496. The molecule has 0 atom stereocenters. The van der Waals surface area contributed by atoms with Crippen LogP contribution in [0.15, 0.2) is 30.3 Å². The average molecular weight is 170 g/mol. The Balaban J connectivity index is 2.51. The van der Waals surface area contributed by atoms with Gasteiger partial charge in [0.05, 0.1) is 6.00 Å². The van der Waals surface area contributed by atoms with E-state index in [1.807, 2.05) is 25.2 Å². The van der Waals surface area contributed by atoms with Crippen LogP contribution < -0.4 is 0 Å². The third kappa shape index (κ3) is 2.91. The number of halogens is 1. The van der Waals surface area contributed by atoms with E-state index in [-0.39, 0.29) is 0 Å².